The first kappa shape index (κ1) is 14.5. The van der Waals surface area contributed by atoms with Gasteiger partial charge in [-0.3, -0.25) is 4.79 Å². The fourth-order valence-electron chi connectivity index (χ4n) is 2.09. The third kappa shape index (κ3) is 3.74. The first-order chi connectivity index (χ1) is 8.45. The van der Waals surface area contributed by atoms with E-state index in [0.717, 1.165) is 16.9 Å². The number of carbonyl (C=O) groups is 1. The molecule has 1 aromatic carbocycles. The van der Waals surface area contributed by atoms with Crippen molar-refractivity contribution in [2.75, 3.05) is 21.2 Å². The second kappa shape index (κ2) is 6.40. The molecule has 4 nitrogen and oxygen atoms in total. The molecule has 0 aliphatic heterocycles. The summed E-state index contributed by atoms with van der Waals surface area (Å²) in [4.78, 5) is 12.7. The van der Waals surface area contributed by atoms with Crippen LogP contribution in [0.4, 0.5) is 0 Å². The van der Waals surface area contributed by atoms with Gasteiger partial charge in [-0.2, -0.15) is 0 Å². The molecule has 100 valence electrons. The van der Waals surface area contributed by atoms with Crippen LogP contribution in [-0.4, -0.2) is 37.2 Å². The molecule has 0 radical (unpaired) electrons. The van der Waals surface area contributed by atoms with Crippen molar-refractivity contribution in [2.24, 2.45) is 0 Å². The summed E-state index contributed by atoms with van der Waals surface area (Å²) in [6.45, 7) is 1.99. The topological polar surface area (TPSA) is 49.8 Å². The molecule has 1 unspecified atom stereocenters. The van der Waals surface area contributed by atoms with Crippen molar-refractivity contribution in [3.63, 3.8) is 0 Å². The summed E-state index contributed by atoms with van der Waals surface area (Å²) in [7, 11) is 5.58. The predicted molar refractivity (Wildman–Crippen MR) is 71.0 cm³/mol. The van der Waals surface area contributed by atoms with Gasteiger partial charge in [0.2, 0.25) is 0 Å². The predicted octanol–water partition coefficient (Wildman–Crippen LogP) is 2.47. The average molecular weight is 251 g/mol. The number of aliphatic carboxylic acids is 1. The van der Waals surface area contributed by atoms with Crippen LogP contribution in [0.15, 0.2) is 18.2 Å². The molecular weight excluding hydrogens is 230 g/mol. The first-order valence-corrected chi connectivity index (χ1v) is 5.98. The van der Waals surface area contributed by atoms with Crippen molar-refractivity contribution >= 4 is 5.97 Å². The Bertz CT molecular complexity index is 416. The van der Waals surface area contributed by atoms with Gasteiger partial charge in [0.05, 0.1) is 7.11 Å². The second-order valence-electron chi connectivity index (χ2n) is 4.64. The van der Waals surface area contributed by atoms with Gasteiger partial charge in [-0.1, -0.05) is 12.1 Å². The van der Waals surface area contributed by atoms with Gasteiger partial charge in [-0.15, -0.1) is 0 Å². The molecule has 1 atom stereocenters. The molecule has 18 heavy (non-hydrogen) atoms. The lowest BCUT2D eigenvalue weighted by atomic mass is 9.99. The molecule has 0 saturated carbocycles. The van der Waals surface area contributed by atoms with E-state index in [1.165, 1.54) is 0 Å². The first-order valence-electron chi connectivity index (χ1n) is 5.98. The third-order valence-corrected chi connectivity index (χ3v) is 3.06. The van der Waals surface area contributed by atoms with Gasteiger partial charge in [0.1, 0.15) is 5.75 Å². The molecule has 0 bridgehead atoms. The number of carboxylic acid groups (broad SMARTS) is 1. The molecule has 0 aliphatic carbocycles. The van der Waals surface area contributed by atoms with Gasteiger partial charge < -0.3 is 14.7 Å². The van der Waals surface area contributed by atoms with Crippen molar-refractivity contribution in [1.29, 1.82) is 0 Å². The number of carboxylic acids is 1. The summed E-state index contributed by atoms with van der Waals surface area (Å²) in [6.07, 6.45) is 0.780. The molecule has 0 aliphatic rings. The molecule has 0 aromatic heterocycles. The molecule has 4 heteroatoms. The van der Waals surface area contributed by atoms with Gasteiger partial charge in [0.25, 0.3) is 0 Å². The van der Waals surface area contributed by atoms with Crippen molar-refractivity contribution in [3.05, 3.63) is 29.3 Å². The van der Waals surface area contributed by atoms with Gasteiger partial charge >= 0.3 is 5.97 Å². The lowest BCUT2D eigenvalue weighted by molar-refractivity contribution is -0.137. The van der Waals surface area contributed by atoms with Crippen LogP contribution >= 0.6 is 0 Å². The van der Waals surface area contributed by atoms with Crippen LogP contribution in [-0.2, 0) is 4.79 Å². The van der Waals surface area contributed by atoms with Crippen molar-refractivity contribution in [1.82, 2.24) is 4.90 Å². The summed E-state index contributed by atoms with van der Waals surface area (Å²) in [5, 5.41) is 8.79. The Morgan fingerprint density at radius 1 is 1.44 bits per heavy atom. The van der Waals surface area contributed by atoms with E-state index in [0.29, 0.717) is 6.42 Å². The Morgan fingerprint density at radius 2 is 2.11 bits per heavy atom. The smallest absolute Gasteiger partial charge is 0.303 e. The van der Waals surface area contributed by atoms with Crippen LogP contribution in [0, 0.1) is 6.92 Å². The fourth-order valence-corrected chi connectivity index (χ4v) is 2.09. The molecule has 0 saturated heterocycles. The van der Waals surface area contributed by atoms with Gasteiger partial charge in [-0.05, 0) is 44.6 Å². The van der Waals surface area contributed by atoms with Crippen LogP contribution in [0.5, 0.6) is 5.75 Å². The van der Waals surface area contributed by atoms with Crippen molar-refractivity contribution in [2.45, 2.75) is 25.8 Å². The standard InChI is InChI=1S/C14H21NO3/c1-10-9-11(5-7-13(10)18-4)12(15(2)3)6-8-14(16)17/h5,7,9,12H,6,8H2,1-4H3,(H,16,17). The summed E-state index contributed by atoms with van der Waals surface area (Å²) < 4.78 is 5.23. The zero-order valence-corrected chi connectivity index (χ0v) is 11.4. The minimum atomic E-state index is -0.757. The Labute approximate surface area is 108 Å². The maximum atomic E-state index is 10.7. The Kier molecular flexibility index (Phi) is 5.16. The average Bonchev–Trinajstić information content (AvgIpc) is 2.28. The molecule has 1 N–H and O–H groups in total. The number of hydrogen-bond donors (Lipinski definition) is 1. The lowest BCUT2D eigenvalue weighted by Gasteiger charge is -2.25. The lowest BCUT2D eigenvalue weighted by Crippen LogP contribution is -2.21. The highest BCUT2D eigenvalue weighted by molar-refractivity contribution is 5.66. The van der Waals surface area contributed by atoms with Crippen LogP contribution in [0.2, 0.25) is 0 Å². The minimum absolute atomic E-state index is 0.116. The van der Waals surface area contributed by atoms with E-state index in [1.807, 2.05) is 38.1 Å². The number of methoxy groups -OCH3 is 1. The molecule has 1 aromatic rings. The quantitative estimate of drug-likeness (QED) is 0.843. The largest absolute Gasteiger partial charge is 0.496 e. The van der Waals surface area contributed by atoms with Crippen LogP contribution in [0.25, 0.3) is 0 Å². The van der Waals surface area contributed by atoms with E-state index in [1.54, 1.807) is 7.11 Å². The monoisotopic (exact) mass is 251 g/mol. The highest BCUT2D eigenvalue weighted by Crippen LogP contribution is 2.27. The van der Waals surface area contributed by atoms with Crippen LogP contribution in [0.3, 0.4) is 0 Å². The number of aryl methyl sites for hydroxylation is 1. The van der Waals surface area contributed by atoms with Crippen molar-refractivity contribution in [3.8, 4) is 5.75 Å². The molecule has 1 rings (SSSR count). The van der Waals surface area contributed by atoms with Crippen LogP contribution < -0.4 is 4.74 Å². The molecule has 0 heterocycles. The molecule has 0 amide bonds. The maximum Gasteiger partial charge on any atom is 0.303 e. The normalized spacial score (nSPS) is 12.5. The zero-order chi connectivity index (χ0) is 13.7. The SMILES string of the molecule is COc1ccc(C(CCC(=O)O)N(C)C)cc1C. The Hall–Kier alpha value is -1.55. The third-order valence-electron chi connectivity index (χ3n) is 3.06. The summed E-state index contributed by atoms with van der Waals surface area (Å²) >= 11 is 0. The van der Waals surface area contributed by atoms with Crippen molar-refractivity contribution < 1.29 is 14.6 Å². The second-order valence-corrected chi connectivity index (χ2v) is 4.64. The highest BCUT2D eigenvalue weighted by Gasteiger charge is 2.16. The van der Waals surface area contributed by atoms with Gasteiger partial charge in [0.15, 0.2) is 0 Å². The summed E-state index contributed by atoms with van der Waals surface area (Å²) in [5.74, 6) is 0.0987. The minimum Gasteiger partial charge on any atom is -0.496 e. The van der Waals surface area contributed by atoms with E-state index >= 15 is 0 Å². The van der Waals surface area contributed by atoms with E-state index in [4.69, 9.17) is 9.84 Å². The molecule has 0 fully saturated rings. The zero-order valence-electron chi connectivity index (χ0n) is 11.4. The van der Waals surface area contributed by atoms with Gasteiger partial charge in [-0.25, -0.2) is 0 Å². The number of benzene rings is 1. The van der Waals surface area contributed by atoms with E-state index in [9.17, 15) is 4.79 Å². The highest BCUT2D eigenvalue weighted by atomic mass is 16.5. The van der Waals surface area contributed by atoms with E-state index < -0.39 is 5.97 Å². The Balaban J connectivity index is 2.92. The molecule has 0 spiro atoms. The molecular formula is C14H21NO3. The van der Waals surface area contributed by atoms with E-state index in [-0.39, 0.29) is 12.5 Å². The number of rotatable bonds is 6. The maximum absolute atomic E-state index is 10.7. The van der Waals surface area contributed by atoms with E-state index in [2.05, 4.69) is 6.07 Å². The number of hydrogen-bond acceptors (Lipinski definition) is 3. The van der Waals surface area contributed by atoms with Crippen LogP contribution in [0.1, 0.15) is 30.0 Å². The number of ether oxygens (including phenoxy) is 1. The fraction of sp³-hybridized carbons (Fsp3) is 0.500. The summed E-state index contributed by atoms with van der Waals surface area (Å²) in [5.41, 5.74) is 2.19. The van der Waals surface area contributed by atoms with Gasteiger partial charge in [0, 0.05) is 12.5 Å². The summed E-state index contributed by atoms with van der Waals surface area (Å²) in [6, 6.07) is 6.11. The Morgan fingerprint density at radius 3 is 2.56 bits per heavy atom. The number of nitrogens with zero attached hydrogens (tertiary/aromatic N) is 1.